The number of hydrogen-bond acceptors (Lipinski definition) is 5. The molecular formula is C16H19N3O3. The lowest BCUT2D eigenvalue weighted by Gasteiger charge is -2.09. The zero-order valence-electron chi connectivity index (χ0n) is 12.7. The van der Waals surface area contributed by atoms with Crippen LogP contribution in [-0.2, 0) is 9.53 Å². The second-order valence-electron chi connectivity index (χ2n) is 4.34. The van der Waals surface area contributed by atoms with E-state index in [1.54, 1.807) is 31.2 Å². The summed E-state index contributed by atoms with van der Waals surface area (Å²) in [7, 11) is 0. The number of nitriles is 1. The van der Waals surface area contributed by atoms with Crippen molar-refractivity contribution in [2.24, 2.45) is 0 Å². The third kappa shape index (κ3) is 4.94. The summed E-state index contributed by atoms with van der Waals surface area (Å²) in [5.74, 6) is -0.918. The summed E-state index contributed by atoms with van der Waals surface area (Å²) in [4.78, 5) is 23.6. The lowest BCUT2D eigenvalue weighted by Crippen LogP contribution is -2.25. The lowest BCUT2D eigenvalue weighted by atomic mass is 10.2. The number of carbonyl (C=O) groups excluding carboxylic acids is 2. The Bertz CT molecular complexity index is 603. The molecule has 0 aliphatic heterocycles. The largest absolute Gasteiger partial charge is 0.462 e. The normalized spacial score (nSPS) is 10.5. The molecule has 0 spiro atoms. The summed E-state index contributed by atoms with van der Waals surface area (Å²) >= 11 is 0. The molecule has 0 unspecified atom stereocenters. The van der Waals surface area contributed by atoms with Gasteiger partial charge in [0.05, 0.1) is 17.9 Å². The van der Waals surface area contributed by atoms with Gasteiger partial charge in [0, 0.05) is 12.7 Å². The van der Waals surface area contributed by atoms with E-state index in [9.17, 15) is 9.59 Å². The van der Waals surface area contributed by atoms with Crippen molar-refractivity contribution in [2.75, 3.05) is 18.5 Å². The van der Waals surface area contributed by atoms with Crippen molar-refractivity contribution in [3.05, 3.63) is 41.6 Å². The number of hydrogen-bond donors (Lipinski definition) is 2. The molecule has 6 heteroatoms. The van der Waals surface area contributed by atoms with Crippen molar-refractivity contribution in [2.45, 2.75) is 20.3 Å². The van der Waals surface area contributed by atoms with Crippen LogP contribution in [0.4, 0.5) is 5.69 Å². The molecule has 0 saturated carbocycles. The second-order valence-corrected chi connectivity index (χ2v) is 4.34. The second kappa shape index (κ2) is 9.19. The summed E-state index contributed by atoms with van der Waals surface area (Å²) < 4.78 is 4.96. The predicted molar refractivity (Wildman–Crippen MR) is 83.0 cm³/mol. The van der Waals surface area contributed by atoms with Crippen molar-refractivity contribution >= 4 is 17.6 Å². The van der Waals surface area contributed by atoms with Gasteiger partial charge in [-0.2, -0.15) is 5.26 Å². The average Bonchev–Trinajstić information content (AvgIpc) is 2.54. The summed E-state index contributed by atoms with van der Waals surface area (Å²) in [6.07, 6.45) is 2.06. The van der Waals surface area contributed by atoms with Crippen molar-refractivity contribution in [1.29, 1.82) is 5.26 Å². The van der Waals surface area contributed by atoms with Crippen LogP contribution in [0.1, 0.15) is 30.6 Å². The van der Waals surface area contributed by atoms with Gasteiger partial charge in [-0.15, -0.1) is 0 Å². The third-order valence-electron chi connectivity index (χ3n) is 2.70. The Hall–Kier alpha value is -2.81. The lowest BCUT2D eigenvalue weighted by molar-refractivity contribution is -0.117. The first-order valence-corrected chi connectivity index (χ1v) is 7.05. The Balaban J connectivity index is 2.90. The van der Waals surface area contributed by atoms with Crippen LogP contribution in [-0.4, -0.2) is 25.0 Å². The molecule has 0 bridgehead atoms. The minimum atomic E-state index is -0.465. The first-order chi connectivity index (χ1) is 10.6. The summed E-state index contributed by atoms with van der Waals surface area (Å²) in [6, 6.07) is 8.55. The van der Waals surface area contributed by atoms with E-state index in [0.717, 1.165) is 6.42 Å². The smallest absolute Gasteiger partial charge is 0.340 e. The van der Waals surface area contributed by atoms with Crippen LogP contribution < -0.4 is 10.6 Å². The van der Waals surface area contributed by atoms with Gasteiger partial charge in [-0.1, -0.05) is 19.1 Å². The molecule has 116 valence electrons. The molecular weight excluding hydrogens is 282 g/mol. The molecule has 22 heavy (non-hydrogen) atoms. The Morgan fingerprint density at radius 2 is 2.05 bits per heavy atom. The molecule has 1 amide bonds. The summed E-state index contributed by atoms with van der Waals surface area (Å²) in [5, 5.41) is 14.5. The van der Waals surface area contributed by atoms with E-state index in [2.05, 4.69) is 10.6 Å². The Labute approximate surface area is 129 Å². The molecule has 1 rings (SSSR count). The van der Waals surface area contributed by atoms with Gasteiger partial charge in [0.25, 0.3) is 5.91 Å². The van der Waals surface area contributed by atoms with Crippen molar-refractivity contribution < 1.29 is 14.3 Å². The van der Waals surface area contributed by atoms with Gasteiger partial charge in [-0.05, 0) is 25.5 Å². The highest BCUT2D eigenvalue weighted by Crippen LogP contribution is 2.16. The molecule has 0 aromatic heterocycles. The molecule has 6 nitrogen and oxygen atoms in total. The van der Waals surface area contributed by atoms with Crippen molar-refractivity contribution in [1.82, 2.24) is 5.32 Å². The van der Waals surface area contributed by atoms with Crippen LogP contribution in [0.25, 0.3) is 0 Å². The van der Waals surface area contributed by atoms with Gasteiger partial charge in [0.15, 0.2) is 0 Å². The van der Waals surface area contributed by atoms with Crippen LogP contribution >= 0.6 is 0 Å². The highest BCUT2D eigenvalue weighted by Gasteiger charge is 2.12. The van der Waals surface area contributed by atoms with Crippen molar-refractivity contribution in [3.8, 4) is 6.07 Å². The first kappa shape index (κ1) is 17.2. The third-order valence-corrected chi connectivity index (χ3v) is 2.70. The van der Waals surface area contributed by atoms with E-state index in [1.165, 1.54) is 6.20 Å². The first-order valence-electron chi connectivity index (χ1n) is 7.05. The van der Waals surface area contributed by atoms with E-state index in [0.29, 0.717) is 17.8 Å². The maximum atomic E-state index is 11.8. The summed E-state index contributed by atoms with van der Waals surface area (Å²) in [6.45, 7) is 4.41. The van der Waals surface area contributed by atoms with Gasteiger partial charge in [0.2, 0.25) is 0 Å². The zero-order valence-corrected chi connectivity index (χ0v) is 12.7. The molecule has 0 heterocycles. The highest BCUT2D eigenvalue weighted by molar-refractivity contribution is 5.98. The number of nitrogens with one attached hydrogen (secondary N) is 2. The SMILES string of the molecule is CCCNC(=O)/C(C#N)=C\Nc1ccccc1C(=O)OCC. The fraction of sp³-hybridized carbons (Fsp3) is 0.312. The maximum absolute atomic E-state index is 11.8. The number of rotatable bonds is 7. The number of anilines is 1. The topological polar surface area (TPSA) is 91.2 Å². The fourth-order valence-corrected chi connectivity index (χ4v) is 1.63. The molecule has 0 atom stereocenters. The van der Waals surface area contributed by atoms with Gasteiger partial charge in [-0.25, -0.2) is 4.79 Å². The van der Waals surface area contributed by atoms with E-state index in [1.807, 2.05) is 13.0 Å². The van der Waals surface area contributed by atoms with Gasteiger partial charge < -0.3 is 15.4 Å². The van der Waals surface area contributed by atoms with Crippen LogP contribution in [0.5, 0.6) is 0 Å². The number of carbonyl (C=O) groups is 2. The fourth-order valence-electron chi connectivity index (χ4n) is 1.63. The van der Waals surface area contributed by atoms with Gasteiger partial charge in [-0.3, -0.25) is 4.79 Å². The van der Waals surface area contributed by atoms with Gasteiger partial charge >= 0.3 is 5.97 Å². The van der Waals surface area contributed by atoms with E-state index < -0.39 is 11.9 Å². The van der Waals surface area contributed by atoms with Crippen molar-refractivity contribution in [3.63, 3.8) is 0 Å². The van der Waals surface area contributed by atoms with E-state index in [-0.39, 0.29) is 12.2 Å². The quantitative estimate of drug-likeness (QED) is 0.458. The predicted octanol–water partition coefficient (Wildman–Crippen LogP) is 2.21. The van der Waals surface area contributed by atoms with Gasteiger partial charge in [0.1, 0.15) is 11.6 Å². The zero-order chi connectivity index (χ0) is 16.4. The number of esters is 1. The Morgan fingerprint density at radius 3 is 2.68 bits per heavy atom. The maximum Gasteiger partial charge on any atom is 0.340 e. The van der Waals surface area contributed by atoms with Crippen LogP contribution in [0.2, 0.25) is 0 Å². The van der Waals surface area contributed by atoms with Crippen LogP contribution in [0.15, 0.2) is 36.0 Å². The molecule has 1 aromatic carbocycles. The number of benzene rings is 1. The van der Waals surface area contributed by atoms with Crippen LogP contribution in [0.3, 0.4) is 0 Å². The monoisotopic (exact) mass is 301 g/mol. The number of para-hydroxylation sites is 1. The Kier molecular flexibility index (Phi) is 7.20. The average molecular weight is 301 g/mol. The number of nitrogens with zero attached hydrogens (tertiary/aromatic N) is 1. The number of amides is 1. The Morgan fingerprint density at radius 1 is 1.32 bits per heavy atom. The molecule has 0 saturated heterocycles. The van der Waals surface area contributed by atoms with E-state index in [4.69, 9.17) is 10.00 Å². The molecule has 0 aliphatic carbocycles. The standard InChI is InChI=1S/C16H19N3O3/c1-3-9-18-15(20)12(10-17)11-19-14-8-6-5-7-13(14)16(21)22-4-2/h5-8,11,19H,3-4,9H2,1-2H3,(H,18,20)/b12-11-. The molecule has 0 aliphatic rings. The molecule has 0 fully saturated rings. The minimum absolute atomic E-state index is 0.0629. The van der Waals surface area contributed by atoms with Crippen LogP contribution in [0, 0.1) is 11.3 Å². The molecule has 1 aromatic rings. The molecule has 0 radical (unpaired) electrons. The highest BCUT2D eigenvalue weighted by atomic mass is 16.5. The minimum Gasteiger partial charge on any atom is -0.462 e. The number of ether oxygens (including phenoxy) is 1. The van der Waals surface area contributed by atoms with E-state index >= 15 is 0 Å². The molecule has 2 N–H and O–H groups in total. The summed E-state index contributed by atoms with van der Waals surface area (Å²) in [5.41, 5.74) is 0.746.